The Labute approximate surface area is 102 Å². The highest BCUT2D eigenvalue weighted by Gasteiger charge is 2.15. The van der Waals surface area contributed by atoms with E-state index in [0.29, 0.717) is 17.8 Å². The van der Waals surface area contributed by atoms with Crippen molar-refractivity contribution in [2.45, 2.75) is 13.8 Å². The van der Waals surface area contributed by atoms with E-state index in [0.717, 1.165) is 0 Å². The molecule has 1 rings (SSSR count). The second-order valence-electron chi connectivity index (χ2n) is 3.82. The SMILES string of the molecule is CC(C)C=CCOP(O)(=S)c1ccccc1. The first-order valence-corrected chi connectivity index (χ1v) is 7.89. The minimum Gasteiger partial charge on any atom is -0.342 e. The van der Waals surface area contributed by atoms with Gasteiger partial charge < -0.3 is 9.42 Å². The van der Waals surface area contributed by atoms with Gasteiger partial charge in [-0.25, -0.2) is 0 Å². The fourth-order valence-corrected chi connectivity index (χ4v) is 2.70. The van der Waals surface area contributed by atoms with Crippen LogP contribution >= 0.6 is 6.49 Å². The number of rotatable bonds is 5. The standard InChI is InChI=1S/C12H17O2PS/c1-11(2)7-6-10-14-15(13,16)12-8-4-3-5-9-12/h3-9,11H,10H2,1-2H3,(H,13,16). The van der Waals surface area contributed by atoms with Gasteiger partial charge in [-0.3, -0.25) is 0 Å². The first-order valence-electron chi connectivity index (χ1n) is 5.22. The lowest BCUT2D eigenvalue weighted by molar-refractivity contribution is 0.354. The van der Waals surface area contributed by atoms with E-state index in [2.05, 4.69) is 13.8 Å². The summed E-state index contributed by atoms with van der Waals surface area (Å²) in [7, 11) is 0. The van der Waals surface area contributed by atoms with E-state index < -0.39 is 6.49 Å². The minimum atomic E-state index is -2.82. The molecule has 1 N–H and O–H groups in total. The molecule has 0 amide bonds. The summed E-state index contributed by atoms with van der Waals surface area (Å²) in [6.07, 6.45) is 3.92. The zero-order valence-electron chi connectivity index (χ0n) is 9.54. The van der Waals surface area contributed by atoms with Crippen LogP contribution in [0, 0.1) is 5.92 Å². The molecule has 0 saturated carbocycles. The van der Waals surface area contributed by atoms with Gasteiger partial charge in [-0.1, -0.05) is 44.2 Å². The van der Waals surface area contributed by atoms with E-state index in [4.69, 9.17) is 16.3 Å². The third kappa shape index (κ3) is 4.58. The highest BCUT2D eigenvalue weighted by molar-refractivity contribution is 8.13. The molecule has 0 radical (unpaired) electrons. The Bertz CT molecular complexity index is 387. The molecule has 0 aromatic heterocycles. The highest BCUT2D eigenvalue weighted by atomic mass is 32.5. The molecule has 4 heteroatoms. The number of allylic oxidation sites excluding steroid dienone is 1. The van der Waals surface area contributed by atoms with Gasteiger partial charge in [0.2, 0.25) is 6.49 Å². The average Bonchev–Trinajstić information content (AvgIpc) is 2.26. The fraction of sp³-hybridized carbons (Fsp3) is 0.333. The molecule has 16 heavy (non-hydrogen) atoms. The molecule has 0 aliphatic carbocycles. The Hall–Kier alpha value is -0.470. The molecule has 0 heterocycles. The Morgan fingerprint density at radius 2 is 2.00 bits per heavy atom. The van der Waals surface area contributed by atoms with Crippen molar-refractivity contribution in [1.82, 2.24) is 0 Å². The fourth-order valence-electron chi connectivity index (χ4n) is 1.16. The first-order chi connectivity index (χ1) is 7.52. The van der Waals surface area contributed by atoms with Crippen molar-refractivity contribution in [2.24, 2.45) is 5.92 Å². The first kappa shape index (κ1) is 13.6. The summed E-state index contributed by atoms with van der Waals surface area (Å²) in [5, 5.41) is 0.697. The number of hydrogen-bond donors (Lipinski definition) is 1. The Balaban J connectivity index is 2.57. The topological polar surface area (TPSA) is 29.5 Å². The maximum absolute atomic E-state index is 10.0. The monoisotopic (exact) mass is 256 g/mol. The Morgan fingerprint density at radius 1 is 1.38 bits per heavy atom. The second-order valence-corrected chi connectivity index (χ2v) is 7.12. The summed E-state index contributed by atoms with van der Waals surface area (Å²) >= 11 is 5.10. The third-order valence-corrected chi connectivity index (χ3v) is 4.35. The molecular formula is C12H17O2PS. The third-order valence-electron chi connectivity index (χ3n) is 1.95. The van der Waals surface area contributed by atoms with Crippen molar-refractivity contribution in [3.8, 4) is 0 Å². The van der Waals surface area contributed by atoms with E-state index >= 15 is 0 Å². The molecule has 0 fully saturated rings. The van der Waals surface area contributed by atoms with Crippen molar-refractivity contribution in [3.05, 3.63) is 42.5 Å². The maximum Gasteiger partial charge on any atom is 0.217 e. The lowest BCUT2D eigenvalue weighted by Crippen LogP contribution is -2.06. The highest BCUT2D eigenvalue weighted by Crippen LogP contribution is 2.40. The van der Waals surface area contributed by atoms with E-state index in [9.17, 15) is 4.89 Å². The van der Waals surface area contributed by atoms with Crippen LogP contribution in [0.15, 0.2) is 42.5 Å². The molecular weight excluding hydrogens is 239 g/mol. The van der Waals surface area contributed by atoms with Gasteiger partial charge in [-0.05, 0) is 29.9 Å². The maximum atomic E-state index is 10.0. The summed E-state index contributed by atoms with van der Waals surface area (Å²) in [6, 6.07) is 9.18. The van der Waals surface area contributed by atoms with Crippen LogP contribution in [0.1, 0.15) is 13.8 Å². The van der Waals surface area contributed by atoms with Gasteiger partial charge in [-0.15, -0.1) is 0 Å². The zero-order valence-corrected chi connectivity index (χ0v) is 11.2. The average molecular weight is 256 g/mol. The quantitative estimate of drug-likeness (QED) is 0.649. The van der Waals surface area contributed by atoms with E-state index in [-0.39, 0.29) is 0 Å². The molecule has 0 aliphatic heterocycles. The van der Waals surface area contributed by atoms with Crippen LogP contribution in [-0.4, -0.2) is 11.5 Å². The van der Waals surface area contributed by atoms with Crippen molar-refractivity contribution < 1.29 is 9.42 Å². The van der Waals surface area contributed by atoms with Crippen LogP contribution in [0.3, 0.4) is 0 Å². The molecule has 1 unspecified atom stereocenters. The molecule has 1 aromatic rings. The molecule has 1 atom stereocenters. The Morgan fingerprint density at radius 3 is 2.56 bits per heavy atom. The van der Waals surface area contributed by atoms with Gasteiger partial charge in [0.15, 0.2) is 0 Å². The van der Waals surface area contributed by atoms with Crippen LogP contribution in [0.25, 0.3) is 0 Å². The van der Waals surface area contributed by atoms with Crippen LogP contribution in [0.2, 0.25) is 0 Å². The van der Waals surface area contributed by atoms with Crippen molar-refractivity contribution in [1.29, 1.82) is 0 Å². The van der Waals surface area contributed by atoms with Gasteiger partial charge in [-0.2, -0.15) is 0 Å². The van der Waals surface area contributed by atoms with Gasteiger partial charge in [0.25, 0.3) is 0 Å². The summed E-state index contributed by atoms with van der Waals surface area (Å²) in [5.74, 6) is 0.483. The number of benzene rings is 1. The smallest absolute Gasteiger partial charge is 0.217 e. The largest absolute Gasteiger partial charge is 0.342 e. The van der Waals surface area contributed by atoms with Crippen molar-refractivity contribution in [2.75, 3.05) is 6.61 Å². The van der Waals surface area contributed by atoms with Gasteiger partial charge in [0.05, 0.1) is 6.61 Å². The molecule has 1 aromatic carbocycles. The molecule has 0 saturated heterocycles. The van der Waals surface area contributed by atoms with Crippen LogP contribution in [0.4, 0.5) is 0 Å². The van der Waals surface area contributed by atoms with Crippen molar-refractivity contribution >= 4 is 23.6 Å². The summed E-state index contributed by atoms with van der Waals surface area (Å²) < 4.78 is 5.36. The zero-order chi connectivity index (χ0) is 12.0. The molecule has 88 valence electrons. The summed E-state index contributed by atoms with van der Waals surface area (Å²) in [6.45, 7) is 1.71. The summed E-state index contributed by atoms with van der Waals surface area (Å²) in [5.41, 5.74) is 0. The van der Waals surface area contributed by atoms with Crippen LogP contribution in [-0.2, 0) is 16.3 Å². The van der Waals surface area contributed by atoms with E-state index in [1.807, 2.05) is 30.4 Å². The van der Waals surface area contributed by atoms with Gasteiger partial charge >= 0.3 is 0 Å². The minimum absolute atomic E-state index is 0.362. The predicted octanol–water partition coefficient (Wildman–Crippen LogP) is 2.84. The van der Waals surface area contributed by atoms with E-state index in [1.165, 1.54) is 0 Å². The molecule has 0 bridgehead atoms. The Kier molecular flexibility index (Phi) is 5.36. The van der Waals surface area contributed by atoms with Crippen LogP contribution < -0.4 is 5.30 Å². The number of hydrogen-bond acceptors (Lipinski definition) is 2. The summed E-state index contributed by atoms with van der Waals surface area (Å²) in [4.78, 5) is 10.0. The van der Waals surface area contributed by atoms with Crippen molar-refractivity contribution in [3.63, 3.8) is 0 Å². The second kappa shape index (κ2) is 6.31. The molecule has 2 nitrogen and oxygen atoms in total. The van der Waals surface area contributed by atoms with E-state index in [1.54, 1.807) is 12.1 Å². The normalized spacial score (nSPS) is 15.5. The lowest BCUT2D eigenvalue weighted by Gasteiger charge is -2.14. The van der Waals surface area contributed by atoms with Gasteiger partial charge in [0.1, 0.15) is 0 Å². The molecule has 0 aliphatic rings. The van der Waals surface area contributed by atoms with Gasteiger partial charge in [0, 0.05) is 5.30 Å². The predicted molar refractivity (Wildman–Crippen MR) is 72.5 cm³/mol. The lowest BCUT2D eigenvalue weighted by atomic mass is 10.2. The van der Waals surface area contributed by atoms with Crippen LogP contribution in [0.5, 0.6) is 0 Å². The molecule has 0 spiro atoms.